The fourth-order valence-corrected chi connectivity index (χ4v) is 4.00. The average Bonchev–Trinajstić information content (AvgIpc) is 3.18. The van der Waals surface area contributed by atoms with Crippen LogP contribution in [-0.4, -0.2) is 25.4 Å². The zero-order valence-electron chi connectivity index (χ0n) is 14.6. The molecule has 0 saturated heterocycles. The van der Waals surface area contributed by atoms with Crippen molar-refractivity contribution in [3.05, 3.63) is 36.2 Å². The highest BCUT2D eigenvalue weighted by atomic mass is 32.1. The number of carbonyl (C=O) groups is 1. The number of benzene rings is 1. The standard InChI is InChI=1S/C18H18N6OS/c1-9(21-10(2)25)11-5-4-6-12(7-11)17-22-14-15-13(20-8-24(15)3)16(19)23-18(14)26-17/h4-9H,1-3H3,(H2,19,23)(H,21,25)/t9-/m0/s1. The lowest BCUT2D eigenvalue weighted by atomic mass is 10.1. The molecular weight excluding hydrogens is 348 g/mol. The monoisotopic (exact) mass is 366 g/mol. The molecule has 0 aliphatic heterocycles. The Morgan fingerprint density at radius 1 is 1.31 bits per heavy atom. The molecule has 3 N–H and O–H groups in total. The third-order valence-corrected chi connectivity index (χ3v) is 5.29. The van der Waals surface area contributed by atoms with Gasteiger partial charge in [0.05, 0.1) is 12.4 Å². The Kier molecular flexibility index (Phi) is 3.84. The molecule has 0 aliphatic rings. The molecule has 4 aromatic rings. The number of anilines is 1. The second kappa shape index (κ2) is 6.06. The molecule has 0 unspecified atom stereocenters. The van der Waals surface area contributed by atoms with E-state index in [9.17, 15) is 4.79 Å². The number of fused-ring (bicyclic) bond motifs is 3. The molecule has 1 amide bonds. The average molecular weight is 366 g/mol. The van der Waals surface area contributed by atoms with E-state index in [1.54, 1.807) is 6.33 Å². The van der Waals surface area contributed by atoms with Crippen LogP contribution in [0.5, 0.6) is 0 Å². The summed E-state index contributed by atoms with van der Waals surface area (Å²) in [7, 11) is 1.92. The van der Waals surface area contributed by atoms with E-state index < -0.39 is 0 Å². The normalized spacial score (nSPS) is 12.6. The van der Waals surface area contributed by atoms with Gasteiger partial charge in [0.25, 0.3) is 0 Å². The van der Waals surface area contributed by atoms with Crippen molar-refractivity contribution in [2.24, 2.45) is 7.05 Å². The number of rotatable bonds is 3. The Morgan fingerprint density at radius 2 is 2.12 bits per heavy atom. The first kappa shape index (κ1) is 16.5. The first-order valence-corrected chi connectivity index (χ1v) is 9.00. The van der Waals surface area contributed by atoms with Gasteiger partial charge < -0.3 is 15.6 Å². The number of nitrogen functional groups attached to an aromatic ring is 1. The fourth-order valence-electron chi connectivity index (χ4n) is 3.05. The number of hydrogen-bond donors (Lipinski definition) is 2. The molecule has 1 atom stereocenters. The Hall–Kier alpha value is -3.00. The Morgan fingerprint density at radius 3 is 2.88 bits per heavy atom. The number of hydrogen-bond acceptors (Lipinski definition) is 6. The molecule has 0 spiro atoms. The van der Waals surface area contributed by atoms with E-state index in [-0.39, 0.29) is 11.9 Å². The Bertz CT molecular complexity index is 1150. The van der Waals surface area contributed by atoms with Crippen LogP contribution in [0.2, 0.25) is 0 Å². The highest BCUT2D eigenvalue weighted by molar-refractivity contribution is 7.21. The molecule has 0 aliphatic carbocycles. The quantitative estimate of drug-likeness (QED) is 0.581. The Labute approximate surface area is 153 Å². The van der Waals surface area contributed by atoms with E-state index >= 15 is 0 Å². The number of carbonyl (C=O) groups excluding carboxylic acids is 1. The fraction of sp³-hybridized carbons (Fsp3) is 0.222. The zero-order chi connectivity index (χ0) is 18.4. The summed E-state index contributed by atoms with van der Waals surface area (Å²) in [6, 6.07) is 7.94. The first-order chi connectivity index (χ1) is 12.4. The van der Waals surface area contributed by atoms with Crippen molar-refractivity contribution in [1.29, 1.82) is 0 Å². The number of nitrogens with one attached hydrogen (secondary N) is 1. The highest BCUT2D eigenvalue weighted by Crippen LogP contribution is 2.35. The van der Waals surface area contributed by atoms with Gasteiger partial charge in [0.2, 0.25) is 5.91 Å². The van der Waals surface area contributed by atoms with Crippen LogP contribution in [0.15, 0.2) is 30.6 Å². The van der Waals surface area contributed by atoms with Gasteiger partial charge in [-0.15, -0.1) is 0 Å². The predicted molar refractivity (Wildman–Crippen MR) is 104 cm³/mol. The molecule has 0 bridgehead atoms. The van der Waals surface area contributed by atoms with Gasteiger partial charge in [0, 0.05) is 19.5 Å². The number of aryl methyl sites for hydroxylation is 1. The number of pyridine rings is 1. The maximum Gasteiger partial charge on any atom is 0.217 e. The van der Waals surface area contributed by atoms with E-state index in [1.807, 2.05) is 42.8 Å². The molecule has 132 valence electrons. The van der Waals surface area contributed by atoms with Crippen LogP contribution < -0.4 is 11.1 Å². The molecule has 3 heterocycles. The van der Waals surface area contributed by atoms with Crippen molar-refractivity contribution in [3.63, 3.8) is 0 Å². The SMILES string of the molecule is CC(=O)N[C@@H](C)c1cccc(-c2nc3c(nc(N)c4ncn(C)c43)s2)c1. The lowest BCUT2D eigenvalue weighted by Gasteiger charge is -2.13. The van der Waals surface area contributed by atoms with Gasteiger partial charge in [0.1, 0.15) is 26.4 Å². The smallest absolute Gasteiger partial charge is 0.217 e. The van der Waals surface area contributed by atoms with Gasteiger partial charge >= 0.3 is 0 Å². The molecule has 3 aromatic heterocycles. The van der Waals surface area contributed by atoms with Gasteiger partial charge in [-0.05, 0) is 18.6 Å². The predicted octanol–water partition coefficient (Wildman–Crippen LogP) is 3.02. The summed E-state index contributed by atoms with van der Waals surface area (Å²) in [6.45, 7) is 3.48. The third-order valence-electron chi connectivity index (χ3n) is 4.29. The van der Waals surface area contributed by atoms with Crippen LogP contribution in [0.3, 0.4) is 0 Å². The van der Waals surface area contributed by atoms with E-state index in [2.05, 4.69) is 15.3 Å². The number of imidazole rings is 1. The maximum absolute atomic E-state index is 11.3. The number of amides is 1. The minimum atomic E-state index is -0.0700. The van der Waals surface area contributed by atoms with E-state index in [0.717, 1.165) is 32.0 Å². The van der Waals surface area contributed by atoms with Gasteiger partial charge in [-0.1, -0.05) is 29.5 Å². The molecule has 0 saturated carbocycles. The molecule has 4 rings (SSSR count). The highest BCUT2D eigenvalue weighted by Gasteiger charge is 2.17. The van der Waals surface area contributed by atoms with E-state index in [4.69, 9.17) is 10.7 Å². The van der Waals surface area contributed by atoms with Crippen molar-refractivity contribution in [2.75, 3.05) is 5.73 Å². The van der Waals surface area contributed by atoms with Gasteiger partial charge in [-0.25, -0.2) is 15.0 Å². The van der Waals surface area contributed by atoms with Gasteiger partial charge in [-0.2, -0.15) is 0 Å². The summed E-state index contributed by atoms with van der Waals surface area (Å²) >= 11 is 1.50. The number of nitrogens with zero attached hydrogens (tertiary/aromatic N) is 4. The summed E-state index contributed by atoms with van der Waals surface area (Å²) < 4.78 is 1.91. The Balaban J connectivity index is 1.84. The molecule has 26 heavy (non-hydrogen) atoms. The second-order valence-electron chi connectivity index (χ2n) is 6.27. The van der Waals surface area contributed by atoms with Crippen molar-refractivity contribution < 1.29 is 4.79 Å². The molecule has 8 heteroatoms. The van der Waals surface area contributed by atoms with Crippen LogP contribution in [0, 0.1) is 0 Å². The van der Waals surface area contributed by atoms with Crippen LogP contribution in [0.1, 0.15) is 25.5 Å². The summed E-state index contributed by atoms with van der Waals surface area (Å²) in [6.07, 6.45) is 1.72. The third kappa shape index (κ3) is 2.68. The van der Waals surface area contributed by atoms with Crippen LogP contribution in [-0.2, 0) is 11.8 Å². The van der Waals surface area contributed by atoms with Gasteiger partial charge in [-0.3, -0.25) is 4.79 Å². The van der Waals surface area contributed by atoms with E-state index in [1.165, 1.54) is 18.3 Å². The lowest BCUT2D eigenvalue weighted by Crippen LogP contribution is -2.23. The van der Waals surface area contributed by atoms with Crippen LogP contribution >= 0.6 is 11.3 Å². The van der Waals surface area contributed by atoms with Crippen molar-refractivity contribution in [2.45, 2.75) is 19.9 Å². The second-order valence-corrected chi connectivity index (χ2v) is 7.25. The summed E-state index contributed by atoms with van der Waals surface area (Å²) in [4.78, 5) is 25.7. The summed E-state index contributed by atoms with van der Waals surface area (Å²) in [5.74, 6) is 0.359. The van der Waals surface area contributed by atoms with Crippen LogP contribution in [0.25, 0.3) is 32.0 Å². The number of thiazole rings is 1. The molecular formula is C18H18N6OS. The van der Waals surface area contributed by atoms with Gasteiger partial charge in [0.15, 0.2) is 5.82 Å². The number of nitrogens with two attached hydrogens (primary N) is 1. The topological polar surface area (TPSA) is 98.7 Å². The lowest BCUT2D eigenvalue weighted by molar-refractivity contribution is -0.119. The van der Waals surface area contributed by atoms with E-state index in [0.29, 0.717) is 11.3 Å². The van der Waals surface area contributed by atoms with Crippen LogP contribution in [0.4, 0.5) is 5.82 Å². The van der Waals surface area contributed by atoms with Crippen molar-refractivity contribution >= 4 is 44.4 Å². The first-order valence-electron chi connectivity index (χ1n) is 8.18. The summed E-state index contributed by atoms with van der Waals surface area (Å²) in [5, 5.41) is 3.76. The zero-order valence-corrected chi connectivity index (χ0v) is 15.5. The molecule has 1 aromatic carbocycles. The van der Waals surface area contributed by atoms with Crippen molar-refractivity contribution in [3.8, 4) is 10.6 Å². The van der Waals surface area contributed by atoms with Crippen molar-refractivity contribution in [1.82, 2.24) is 24.8 Å². The molecule has 0 radical (unpaired) electrons. The summed E-state index contributed by atoms with van der Waals surface area (Å²) in [5.41, 5.74) is 10.4. The molecule has 0 fully saturated rings. The molecule has 7 nitrogen and oxygen atoms in total. The largest absolute Gasteiger partial charge is 0.382 e. The minimum Gasteiger partial charge on any atom is -0.382 e. The number of aromatic nitrogens is 4. The minimum absolute atomic E-state index is 0.0545. The maximum atomic E-state index is 11.3.